The predicted octanol–water partition coefficient (Wildman–Crippen LogP) is 4.95. The molecule has 0 saturated carbocycles. The van der Waals surface area contributed by atoms with E-state index in [1.807, 2.05) is 0 Å². The molecule has 1 N–H and O–H groups in total. The van der Waals surface area contributed by atoms with E-state index in [9.17, 15) is 0 Å². The first-order valence-electron chi connectivity index (χ1n) is 7.95. The van der Waals surface area contributed by atoms with Gasteiger partial charge in [-0.15, -0.1) is 0 Å². The van der Waals surface area contributed by atoms with Crippen LogP contribution in [0, 0.1) is 5.92 Å². The highest BCUT2D eigenvalue weighted by molar-refractivity contribution is 5.29. The molecular weight excluding hydrogens is 246 g/mol. The lowest BCUT2D eigenvalue weighted by molar-refractivity contribution is 0.242. The van der Waals surface area contributed by atoms with Crippen LogP contribution in [0.2, 0.25) is 0 Å². The average molecular weight is 277 g/mol. The molecular formula is C18H31NO. The van der Waals surface area contributed by atoms with Gasteiger partial charge >= 0.3 is 0 Å². The number of hydrogen-bond donors (Lipinski definition) is 1. The fourth-order valence-electron chi connectivity index (χ4n) is 2.47. The van der Waals surface area contributed by atoms with Crippen LogP contribution in [0.4, 0.5) is 0 Å². The van der Waals surface area contributed by atoms with Crippen LogP contribution in [0.3, 0.4) is 0 Å². The van der Waals surface area contributed by atoms with Gasteiger partial charge in [0.15, 0.2) is 0 Å². The summed E-state index contributed by atoms with van der Waals surface area (Å²) < 4.78 is 5.68. The maximum Gasteiger partial charge on any atom is 0.119 e. The van der Waals surface area contributed by atoms with E-state index in [1.54, 1.807) is 0 Å². The number of benzene rings is 1. The highest BCUT2D eigenvalue weighted by Crippen LogP contribution is 2.20. The molecule has 20 heavy (non-hydrogen) atoms. The van der Waals surface area contributed by atoms with Crippen LogP contribution in [0.5, 0.6) is 5.75 Å². The second-order valence-corrected chi connectivity index (χ2v) is 6.27. The van der Waals surface area contributed by atoms with Crippen LogP contribution in [0.15, 0.2) is 24.3 Å². The molecule has 3 atom stereocenters. The third kappa shape index (κ3) is 5.96. The minimum absolute atomic E-state index is 0.229. The lowest BCUT2D eigenvalue weighted by Gasteiger charge is -2.23. The first-order valence-corrected chi connectivity index (χ1v) is 7.95. The minimum atomic E-state index is 0.229. The van der Waals surface area contributed by atoms with Crippen LogP contribution in [0.25, 0.3) is 0 Å². The molecule has 0 bridgehead atoms. The van der Waals surface area contributed by atoms with E-state index in [4.69, 9.17) is 4.74 Å². The summed E-state index contributed by atoms with van der Waals surface area (Å²) in [5.74, 6) is 1.73. The van der Waals surface area contributed by atoms with Gasteiger partial charge in [-0.05, 0) is 57.7 Å². The van der Waals surface area contributed by atoms with Crippen molar-refractivity contribution in [3.05, 3.63) is 29.8 Å². The van der Waals surface area contributed by atoms with Crippen molar-refractivity contribution >= 4 is 0 Å². The maximum absolute atomic E-state index is 5.68. The molecule has 0 aliphatic carbocycles. The second kappa shape index (κ2) is 8.31. The summed E-state index contributed by atoms with van der Waals surface area (Å²) in [7, 11) is 0. The highest BCUT2D eigenvalue weighted by Gasteiger charge is 2.12. The van der Waals surface area contributed by atoms with Crippen molar-refractivity contribution < 1.29 is 4.74 Å². The zero-order valence-electron chi connectivity index (χ0n) is 13.9. The van der Waals surface area contributed by atoms with E-state index in [1.165, 1.54) is 18.4 Å². The zero-order valence-corrected chi connectivity index (χ0v) is 13.9. The quantitative estimate of drug-likeness (QED) is 0.726. The first-order chi connectivity index (χ1) is 9.42. The van der Waals surface area contributed by atoms with Gasteiger partial charge in [-0.1, -0.05) is 32.4 Å². The summed E-state index contributed by atoms with van der Waals surface area (Å²) in [4.78, 5) is 0. The van der Waals surface area contributed by atoms with E-state index in [0.29, 0.717) is 12.1 Å². The summed E-state index contributed by atoms with van der Waals surface area (Å²) >= 11 is 0. The average Bonchev–Trinajstić information content (AvgIpc) is 2.38. The van der Waals surface area contributed by atoms with Crippen molar-refractivity contribution in [3.8, 4) is 5.75 Å². The van der Waals surface area contributed by atoms with Gasteiger partial charge in [-0.25, -0.2) is 0 Å². The van der Waals surface area contributed by atoms with Crippen LogP contribution >= 0.6 is 0 Å². The number of rotatable bonds is 8. The fourth-order valence-corrected chi connectivity index (χ4v) is 2.47. The van der Waals surface area contributed by atoms with Gasteiger partial charge in [0.25, 0.3) is 0 Å². The Morgan fingerprint density at radius 2 is 1.60 bits per heavy atom. The summed E-state index contributed by atoms with van der Waals surface area (Å²) in [5, 5.41) is 3.68. The Balaban J connectivity index is 2.52. The molecule has 2 nitrogen and oxygen atoms in total. The Morgan fingerprint density at radius 3 is 2.10 bits per heavy atom. The van der Waals surface area contributed by atoms with Crippen LogP contribution in [-0.2, 0) is 0 Å². The summed E-state index contributed by atoms with van der Waals surface area (Å²) in [6.07, 6.45) is 2.71. The molecule has 2 heteroatoms. The fraction of sp³-hybridized carbons (Fsp3) is 0.667. The minimum Gasteiger partial charge on any atom is -0.491 e. The van der Waals surface area contributed by atoms with Gasteiger partial charge in [0.05, 0.1) is 6.10 Å². The van der Waals surface area contributed by atoms with Crippen LogP contribution in [0.1, 0.15) is 66.0 Å². The normalized spacial score (nSPS) is 15.9. The molecule has 0 aliphatic heterocycles. The molecule has 0 spiro atoms. The van der Waals surface area contributed by atoms with Crippen LogP contribution < -0.4 is 10.1 Å². The Kier molecular flexibility index (Phi) is 7.08. The number of nitrogens with one attached hydrogen (secondary N) is 1. The van der Waals surface area contributed by atoms with E-state index in [2.05, 4.69) is 71.1 Å². The Labute approximate surface area is 124 Å². The van der Waals surface area contributed by atoms with Crippen molar-refractivity contribution in [2.75, 3.05) is 0 Å². The molecule has 114 valence electrons. The maximum atomic E-state index is 5.68. The third-order valence-electron chi connectivity index (χ3n) is 3.74. The predicted molar refractivity (Wildman–Crippen MR) is 87.3 cm³/mol. The van der Waals surface area contributed by atoms with Gasteiger partial charge in [0, 0.05) is 12.1 Å². The van der Waals surface area contributed by atoms with Gasteiger partial charge < -0.3 is 10.1 Å². The van der Waals surface area contributed by atoms with Crippen molar-refractivity contribution in [1.29, 1.82) is 0 Å². The van der Waals surface area contributed by atoms with Gasteiger partial charge in [-0.3, -0.25) is 0 Å². The molecule has 1 aromatic rings. The molecule has 0 heterocycles. The van der Waals surface area contributed by atoms with E-state index < -0.39 is 0 Å². The zero-order chi connectivity index (χ0) is 15.1. The van der Waals surface area contributed by atoms with Crippen molar-refractivity contribution in [3.63, 3.8) is 0 Å². The van der Waals surface area contributed by atoms with Gasteiger partial charge in [-0.2, -0.15) is 0 Å². The van der Waals surface area contributed by atoms with E-state index >= 15 is 0 Å². The molecule has 3 unspecified atom stereocenters. The molecule has 0 amide bonds. The Morgan fingerprint density at radius 1 is 1.00 bits per heavy atom. The van der Waals surface area contributed by atoms with Crippen molar-refractivity contribution in [2.24, 2.45) is 5.92 Å². The first kappa shape index (κ1) is 17.0. The molecule has 0 aromatic heterocycles. The van der Waals surface area contributed by atoms with Crippen molar-refractivity contribution in [1.82, 2.24) is 5.32 Å². The van der Waals surface area contributed by atoms with Crippen molar-refractivity contribution in [2.45, 2.75) is 72.6 Å². The smallest absolute Gasteiger partial charge is 0.119 e. The molecule has 0 aliphatic rings. The lowest BCUT2D eigenvalue weighted by Crippen LogP contribution is -2.30. The topological polar surface area (TPSA) is 21.3 Å². The van der Waals surface area contributed by atoms with Gasteiger partial charge in [0.2, 0.25) is 0 Å². The molecule has 1 aromatic carbocycles. The monoisotopic (exact) mass is 277 g/mol. The molecule has 0 fully saturated rings. The third-order valence-corrected chi connectivity index (χ3v) is 3.74. The summed E-state index contributed by atoms with van der Waals surface area (Å²) in [6, 6.07) is 9.37. The molecule has 1 rings (SSSR count). The summed E-state index contributed by atoms with van der Waals surface area (Å²) in [6.45, 7) is 13.2. The Hall–Kier alpha value is -1.02. The number of hydrogen-bond acceptors (Lipinski definition) is 2. The molecule has 0 saturated heterocycles. The van der Waals surface area contributed by atoms with Crippen LogP contribution in [-0.4, -0.2) is 12.1 Å². The summed E-state index contributed by atoms with van der Waals surface area (Å²) in [5.41, 5.74) is 1.32. The standard InChI is InChI=1S/C18H31NO/c1-7-14(4)12-15(5)19-16(6)17-8-10-18(11-9-17)20-13(2)3/h8-11,13-16,19H,7,12H2,1-6H3. The lowest BCUT2D eigenvalue weighted by atomic mass is 9.99. The molecule has 0 radical (unpaired) electrons. The highest BCUT2D eigenvalue weighted by atomic mass is 16.5. The van der Waals surface area contributed by atoms with Gasteiger partial charge in [0.1, 0.15) is 5.75 Å². The Bertz CT molecular complexity index is 372. The second-order valence-electron chi connectivity index (χ2n) is 6.27. The number of ether oxygens (including phenoxy) is 1. The van der Waals surface area contributed by atoms with E-state index in [0.717, 1.165) is 11.7 Å². The van der Waals surface area contributed by atoms with E-state index in [-0.39, 0.29) is 6.10 Å². The SMILES string of the molecule is CCC(C)CC(C)NC(C)c1ccc(OC(C)C)cc1. The largest absolute Gasteiger partial charge is 0.491 e.